The summed E-state index contributed by atoms with van der Waals surface area (Å²) in [6.07, 6.45) is 73.6. The molecule has 0 saturated carbocycles. The predicted octanol–water partition coefficient (Wildman–Crippen LogP) is 21.8. The highest BCUT2D eigenvalue weighted by molar-refractivity contribution is 7.47. The Morgan fingerprint density at radius 3 is 0.803 bits per heavy atom. The number of rotatable bonds is 66. The van der Waals surface area contributed by atoms with Crippen LogP contribution in [0.25, 0.3) is 0 Å². The van der Waals surface area contributed by atoms with E-state index >= 15 is 0 Å². The van der Waals surface area contributed by atoms with Crippen molar-refractivity contribution in [2.45, 2.75) is 386 Å². The number of unbranched alkanes of at least 4 members (excludes halogenated alkanes) is 53. The first-order valence-corrected chi connectivity index (χ1v) is 35.5. The van der Waals surface area contributed by atoms with Crippen LogP contribution >= 0.6 is 7.82 Å². The molecule has 0 aromatic heterocycles. The maximum Gasteiger partial charge on any atom is 0.472 e. The van der Waals surface area contributed by atoms with Gasteiger partial charge in [-0.2, -0.15) is 0 Å². The molecular formula is C66H132NO8P. The number of carbonyl (C=O) groups is 2. The minimum Gasteiger partial charge on any atom is -0.462 e. The van der Waals surface area contributed by atoms with Gasteiger partial charge in [0.2, 0.25) is 0 Å². The topological polar surface area (TPSA) is 134 Å². The molecule has 0 fully saturated rings. The second kappa shape index (κ2) is 63.2. The first-order chi connectivity index (χ1) is 37.3. The first-order valence-electron chi connectivity index (χ1n) is 34.0. The van der Waals surface area contributed by atoms with Gasteiger partial charge in [-0.25, -0.2) is 4.57 Å². The third-order valence-corrected chi connectivity index (χ3v) is 16.7. The summed E-state index contributed by atoms with van der Waals surface area (Å²) in [5, 5.41) is 0. The molecule has 2 atom stereocenters. The Balaban J connectivity index is 3.73. The van der Waals surface area contributed by atoms with E-state index < -0.39 is 26.5 Å². The zero-order chi connectivity index (χ0) is 55.2. The van der Waals surface area contributed by atoms with E-state index in [4.69, 9.17) is 24.3 Å². The van der Waals surface area contributed by atoms with Crippen LogP contribution in [0.3, 0.4) is 0 Å². The van der Waals surface area contributed by atoms with Crippen LogP contribution in [0.1, 0.15) is 380 Å². The van der Waals surface area contributed by atoms with Crippen LogP contribution in [0, 0.1) is 0 Å². The molecule has 3 N–H and O–H groups in total. The Morgan fingerprint density at radius 1 is 0.342 bits per heavy atom. The summed E-state index contributed by atoms with van der Waals surface area (Å²) in [6, 6.07) is 0. The third kappa shape index (κ3) is 62.2. The highest BCUT2D eigenvalue weighted by atomic mass is 31.2. The molecule has 0 aromatic carbocycles. The Bertz CT molecular complexity index is 1210. The van der Waals surface area contributed by atoms with Gasteiger partial charge in [0, 0.05) is 19.4 Å². The van der Waals surface area contributed by atoms with Gasteiger partial charge in [-0.15, -0.1) is 0 Å². The Labute approximate surface area is 473 Å². The van der Waals surface area contributed by atoms with Crippen LogP contribution in [-0.2, 0) is 32.7 Å². The minimum atomic E-state index is -4.38. The number of phosphoric ester groups is 1. The lowest BCUT2D eigenvalue weighted by Gasteiger charge is -2.19. The van der Waals surface area contributed by atoms with E-state index in [2.05, 4.69) is 13.8 Å². The summed E-state index contributed by atoms with van der Waals surface area (Å²) in [6.45, 7) is 3.83. The lowest BCUT2D eigenvalue weighted by Crippen LogP contribution is -2.29. The van der Waals surface area contributed by atoms with Gasteiger partial charge < -0.3 is 20.1 Å². The molecule has 76 heavy (non-hydrogen) atoms. The highest BCUT2D eigenvalue weighted by Crippen LogP contribution is 2.43. The lowest BCUT2D eigenvalue weighted by atomic mass is 10.0. The van der Waals surface area contributed by atoms with E-state index in [0.717, 1.165) is 32.1 Å². The van der Waals surface area contributed by atoms with Gasteiger partial charge in [-0.1, -0.05) is 354 Å². The molecule has 0 amide bonds. The molecule has 0 bridgehead atoms. The van der Waals surface area contributed by atoms with Crippen LogP contribution in [0.2, 0.25) is 0 Å². The molecule has 9 nitrogen and oxygen atoms in total. The van der Waals surface area contributed by atoms with Crippen molar-refractivity contribution in [2.75, 3.05) is 26.4 Å². The maximum atomic E-state index is 12.7. The van der Waals surface area contributed by atoms with Gasteiger partial charge in [0.1, 0.15) is 6.61 Å². The Kier molecular flexibility index (Phi) is 62.4. The molecular weight excluding hydrogens is 966 g/mol. The van der Waals surface area contributed by atoms with E-state index in [1.54, 1.807) is 0 Å². The molecule has 0 aromatic rings. The second-order valence-electron chi connectivity index (χ2n) is 23.4. The number of hydrogen-bond donors (Lipinski definition) is 2. The molecule has 454 valence electrons. The quantitative estimate of drug-likeness (QED) is 0.0347. The molecule has 0 aliphatic rings. The third-order valence-electron chi connectivity index (χ3n) is 15.7. The Hall–Kier alpha value is -0.990. The fourth-order valence-electron chi connectivity index (χ4n) is 10.7. The fraction of sp³-hybridized carbons (Fsp3) is 0.970. The van der Waals surface area contributed by atoms with Crippen molar-refractivity contribution in [3.05, 3.63) is 0 Å². The van der Waals surface area contributed by atoms with Crippen molar-refractivity contribution < 1.29 is 37.6 Å². The van der Waals surface area contributed by atoms with E-state index in [-0.39, 0.29) is 38.6 Å². The zero-order valence-corrected chi connectivity index (χ0v) is 51.9. The van der Waals surface area contributed by atoms with Gasteiger partial charge in [-0.05, 0) is 12.8 Å². The average molecular weight is 1100 g/mol. The predicted molar refractivity (Wildman–Crippen MR) is 326 cm³/mol. The van der Waals surface area contributed by atoms with E-state index in [1.165, 1.54) is 315 Å². The minimum absolute atomic E-state index is 0.0587. The van der Waals surface area contributed by atoms with Crippen molar-refractivity contribution in [1.82, 2.24) is 0 Å². The molecule has 2 unspecified atom stereocenters. The number of phosphoric acid groups is 1. The van der Waals surface area contributed by atoms with Gasteiger partial charge in [0.05, 0.1) is 13.2 Å². The van der Waals surface area contributed by atoms with Crippen LogP contribution in [0.5, 0.6) is 0 Å². The summed E-state index contributed by atoms with van der Waals surface area (Å²) >= 11 is 0. The summed E-state index contributed by atoms with van der Waals surface area (Å²) in [5.74, 6) is -0.800. The molecule has 0 aliphatic heterocycles. The standard InChI is InChI=1S/C66H132NO8P/c1-3-5-7-9-11-13-15-17-19-21-23-24-25-26-27-28-29-30-31-32-33-34-35-36-37-38-39-40-41-43-45-47-49-51-53-55-57-59-66(69)75-64(63-74-76(70,71)73-61-60-67)62-72-65(68)58-56-54-52-50-48-46-44-42-22-20-18-16-14-12-10-8-6-4-2/h64H,3-63,67H2,1-2H3,(H,70,71). The maximum absolute atomic E-state index is 12.7. The van der Waals surface area contributed by atoms with E-state index in [1.807, 2.05) is 0 Å². The van der Waals surface area contributed by atoms with Crippen molar-refractivity contribution in [3.8, 4) is 0 Å². The van der Waals surface area contributed by atoms with Gasteiger partial charge in [0.15, 0.2) is 6.10 Å². The first kappa shape index (κ1) is 75.0. The molecule has 10 heteroatoms. The number of nitrogens with two attached hydrogens (primary N) is 1. The number of esters is 2. The number of carbonyl (C=O) groups excluding carboxylic acids is 2. The van der Waals surface area contributed by atoms with Crippen molar-refractivity contribution in [2.24, 2.45) is 5.73 Å². The summed E-state index contributed by atoms with van der Waals surface area (Å²) in [7, 11) is -4.38. The van der Waals surface area contributed by atoms with Crippen molar-refractivity contribution in [3.63, 3.8) is 0 Å². The lowest BCUT2D eigenvalue weighted by molar-refractivity contribution is -0.161. The molecule has 0 aliphatic carbocycles. The SMILES string of the molecule is CCCCCCCCCCCCCCCCCCCCCCCCCCCCCCCCCCCCCCCC(=O)OC(COC(=O)CCCCCCCCCCCCCCCCCCCC)COP(=O)(O)OCCN. The van der Waals surface area contributed by atoms with E-state index in [9.17, 15) is 19.0 Å². The molecule has 0 rings (SSSR count). The van der Waals surface area contributed by atoms with Crippen LogP contribution in [-0.4, -0.2) is 49.3 Å². The fourth-order valence-corrected chi connectivity index (χ4v) is 11.5. The second-order valence-corrected chi connectivity index (χ2v) is 24.9. The Morgan fingerprint density at radius 2 is 0.566 bits per heavy atom. The largest absolute Gasteiger partial charge is 0.472 e. The monoisotopic (exact) mass is 1100 g/mol. The zero-order valence-electron chi connectivity index (χ0n) is 51.0. The van der Waals surface area contributed by atoms with Crippen LogP contribution in [0.15, 0.2) is 0 Å². The van der Waals surface area contributed by atoms with Gasteiger partial charge in [-0.3, -0.25) is 18.6 Å². The van der Waals surface area contributed by atoms with Crippen LogP contribution < -0.4 is 5.73 Å². The summed E-state index contributed by atoms with van der Waals surface area (Å²) in [5.41, 5.74) is 5.39. The smallest absolute Gasteiger partial charge is 0.462 e. The summed E-state index contributed by atoms with van der Waals surface area (Å²) < 4.78 is 33.1. The highest BCUT2D eigenvalue weighted by Gasteiger charge is 2.26. The van der Waals surface area contributed by atoms with Gasteiger partial charge >= 0.3 is 19.8 Å². The molecule has 0 radical (unpaired) electrons. The number of hydrogen-bond acceptors (Lipinski definition) is 8. The average Bonchev–Trinajstić information content (AvgIpc) is 3.41. The summed E-state index contributed by atoms with van der Waals surface area (Å²) in [4.78, 5) is 35.2. The molecule has 0 heterocycles. The van der Waals surface area contributed by atoms with E-state index in [0.29, 0.717) is 6.42 Å². The van der Waals surface area contributed by atoms with Crippen molar-refractivity contribution >= 4 is 19.8 Å². The van der Waals surface area contributed by atoms with Crippen molar-refractivity contribution in [1.29, 1.82) is 0 Å². The normalized spacial score (nSPS) is 12.8. The number of ether oxygens (including phenoxy) is 2. The van der Waals surface area contributed by atoms with Gasteiger partial charge in [0.25, 0.3) is 0 Å². The molecule has 0 saturated heterocycles. The molecule has 0 spiro atoms. The van der Waals surface area contributed by atoms with Crippen LogP contribution in [0.4, 0.5) is 0 Å².